The molecule has 1 N–H and O–H groups in total. The lowest BCUT2D eigenvalue weighted by atomic mass is 9.90. The maximum atomic E-state index is 13.7. The molecule has 1 atom stereocenters. The number of hydrogen-bond donors (Lipinski definition) is 1. The number of rotatable bonds is 5. The highest BCUT2D eigenvalue weighted by atomic mass is 127. The fourth-order valence-corrected chi connectivity index (χ4v) is 1.82. The molecular formula is C9H6F11IO. The lowest BCUT2D eigenvalue weighted by Crippen LogP contribution is -2.66. The van der Waals surface area contributed by atoms with Crippen LogP contribution in [0.4, 0.5) is 48.3 Å². The van der Waals surface area contributed by atoms with Gasteiger partial charge in [0.25, 0.3) is 5.67 Å². The molecule has 0 aromatic rings. The van der Waals surface area contributed by atoms with Crippen LogP contribution in [0.3, 0.4) is 0 Å². The number of allylic oxidation sites excluding steroid dienone is 1. The van der Waals surface area contributed by atoms with Gasteiger partial charge in [-0.05, 0) is 32.2 Å². The Morgan fingerprint density at radius 3 is 1.45 bits per heavy atom. The van der Waals surface area contributed by atoms with Crippen molar-refractivity contribution >= 4 is 22.6 Å². The molecule has 0 bridgehead atoms. The lowest BCUT2D eigenvalue weighted by molar-refractivity contribution is -0.402. The average molecular weight is 466 g/mol. The van der Waals surface area contributed by atoms with Crippen molar-refractivity contribution in [2.75, 3.05) is 6.61 Å². The molecule has 13 heteroatoms. The third-order valence-corrected chi connectivity index (χ3v) is 3.18. The molecule has 0 saturated heterocycles. The zero-order valence-corrected chi connectivity index (χ0v) is 12.1. The fourth-order valence-electron chi connectivity index (χ4n) is 1.15. The molecule has 132 valence electrons. The lowest BCUT2D eigenvalue weighted by Gasteiger charge is -2.37. The largest absolute Gasteiger partial charge is 0.460 e. The van der Waals surface area contributed by atoms with E-state index in [1.165, 1.54) is 0 Å². The van der Waals surface area contributed by atoms with Gasteiger partial charge in [0.05, 0.1) is 0 Å². The fraction of sp³-hybridized carbons (Fsp3) is 0.778. The highest BCUT2D eigenvalue weighted by Crippen LogP contribution is 2.58. The van der Waals surface area contributed by atoms with E-state index in [1.54, 1.807) is 0 Å². The number of aliphatic hydroxyl groups excluding tert-OH is 1. The molecule has 0 rings (SSSR count). The Morgan fingerprint density at radius 2 is 1.18 bits per heavy atom. The second kappa shape index (κ2) is 6.28. The van der Waals surface area contributed by atoms with Crippen LogP contribution in [0.2, 0.25) is 0 Å². The Hall–Kier alpha value is -0.340. The molecule has 0 aromatic heterocycles. The zero-order chi connectivity index (χ0) is 18.2. The molecule has 0 aliphatic carbocycles. The first-order valence-electron chi connectivity index (χ1n) is 5.01. The molecule has 1 unspecified atom stereocenters. The predicted molar refractivity (Wildman–Crippen MR) is 59.6 cm³/mol. The van der Waals surface area contributed by atoms with Crippen molar-refractivity contribution in [3.63, 3.8) is 0 Å². The van der Waals surface area contributed by atoms with Crippen LogP contribution in [0.1, 0.15) is 6.42 Å². The van der Waals surface area contributed by atoms with E-state index in [4.69, 9.17) is 5.11 Å². The number of alkyl halides is 11. The van der Waals surface area contributed by atoms with E-state index in [0.29, 0.717) is 0 Å². The highest BCUT2D eigenvalue weighted by Gasteiger charge is 2.85. The first-order chi connectivity index (χ1) is 9.45. The molecule has 1 nitrogen and oxygen atoms in total. The van der Waals surface area contributed by atoms with Gasteiger partial charge in [-0.2, -0.15) is 43.9 Å². The maximum absolute atomic E-state index is 13.7. The second-order valence-corrected chi connectivity index (χ2v) is 5.31. The van der Waals surface area contributed by atoms with Gasteiger partial charge in [-0.15, -0.1) is 0 Å². The van der Waals surface area contributed by atoms with E-state index < -0.39 is 52.5 Å². The Kier molecular flexibility index (Phi) is 6.18. The summed E-state index contributed by atoms with van der Waals surface area (Å²) in [6, 6.07) is 0. The van der Waals surface area contributed by atoms with E-state index >= 15 is 0 Å². The SMILES string of the molecule is OCCC(I)=CC(F)(C(F)(F)F)C(F)(F)C(F)(F)C(F)(F)F. The van der Waals surface area contributed by atoms with Crippen LogP contribution in [0.25, 0.3) is 0 Å². The summed E-state index contributed by atoms with van der Waals surface area (Å²) in [6.45, 7) is -0.968. The van der Waals surface area contributed by atoms with Gasteiger partial charge in [-0.25, -0.2) is 4.39 Å². The van der Waals surface area contributed by atoms with Crippen molar-refractivity contribution in [3.8, 4) is 0 Å². The van der Waals surface area contributed by atoms with E-state index in [1.807, 2.05) is 0 Å². The van der Waals surface area contributed by atoms with Crippen molar-refractivity contribution in [1.82, 2.24) is 0 Å². The first-order valence-corrected chi connectivity index (χ1v) is 6.09. The van der Waals surface area contributed by atoms with Crippen molar-refractivity contribution < 1.29 is 53.4 Å². The molecule has 0 heterocycles. The zero-order valence-electron chi connectivity index (χ0n) is 9.97. The van der Waals surface area contributed by atoms with Crippen LogP contribution in [-0.4, -0.2) is 41.6 Å². The summed E-state index contributed by atoms with van der Waals surface area (Å²) in [5.74, 6) is -14.4. The molecule has 0 fully saturated rings. The number of halogens is 12. The molecule has 0 spiro atoms. The minimum atomic E-state index is -7.28. The third-order valence-electron chi connectivity index (χ3n) is 2.33. The minimum absolute atomic E-state index is 0.798. The maximum Gasteiger partial charge on any atom is 0.460 e. The summed E-state index contributed by atoms with van der Waals surface area (Å²) in [4.78, 5) is 0. The summed E-state index contributed by atoms with van der Waals surface area (Å²) >= 11 is 0.798. The van der Waals surface area contributed by atoms with Gasteiger partial charge < -0.3 is 5.11 Å². The van der Waals surface area contributed by atoms with Gasteiger partial charge in [-0.3, -0.25) is 0 Å². The smallest absolute Gasteiger partial charge is 0.396 e. The first kappa shape index (κ1) is 21.7. The van der Waals surface area contributed by atoms with Gasteiger partial charge in [0, 0.05) is 13.0 Å². The normalized spacial score (nSPS) is 18.3. The average Bonchev–Trinajstić information content (AvgIpc) is 2.25. The minimum Gasteiger partial charge on any atom is -0.396 e. The van der Waals surface area contributed by atoms with Gasteiger partial charge in [-0.1, -0.05) is 0 Å². The molecule has 0 aliphatic rings. The molecule has 0 saturated carbocycles. The quantitative estimate of drug-likeness (QED) is 0.457. The Labute approximate surface area is 129 Å². The summed E-state index contributed by atoms with van der Waals surface area (Å²) in [5, 5.41) is 8.36. The van der Waals surface area contributed by atoms with Crippen molar-refractivity contribution in [2.24, 2.45) is 0 Å². The molecule has 0 amide bonds. The van der Waals surface area contributed by atoms with Crippen LogP contribution in [0.5, 0.6) is 0 Å². The van der Waals surface area contributed by atoms with Crippen molar-refractivity contribution in [3.05, 3.63) is 9.66 Å². The second-order valence-electron chi connectivity index (χ2n) is 3.92. The topological polar surface area (TPSA) is 20.2 Å². The number of hydrogen-bond acceptors (Lipinski definition) is 1. The monoisotopic (exact) mass is 466 g/mol. The Balaban J connectivity index is 6.30. The Morgan fingerprint density at radius 1 is 0.773 bits per heavy atom. The van der Waals surface area contributed by atoms with E-state index in [2.05, 4.69) is 0 Å². The van der Waals surface area contributed by atoms with Crippen LogP contribution in [0.15, 0.2) is 9.66 Å². The van der Waals surface area contributed by atoms with Crippen LogP contribution in [-0.2, 0) is 0 Å². The summed E-state index contributed by atoms with van der Waals surface area (Å²) in [5.41, 5.74) is -6.29. The summed E-state index contributed by atoms with van der Waals surface area (Å²) in [7, 11) is 0. The van der Waals surface area contributed by atoms with Crippen LogP contribution >= 0.6 is 22.6 Å². The van der Waals surface area contributed by atoms with Gasteiger partial charge in [0.1, 0.15) is 0 Å². The molecule has 0 aliphatic heterocycles. The molecule has 0 aromatic carbocycles. The van der Waals surface area contributed by atoms with Crippen LogP contribution in [0, 0.1) is 0 Å². The van der Waals surface area contributed by atoms with Gasteiger partial charge in [0.15, 0.2) is 0 Å². The third kappa shape index (κ3) is 3.59. The summed E-state index contributed by atoms with van der Waals surface area (Å²) in [6.07, 6.45) is -15.8. The Bertz CT molecular complexity index is 424. The van der Waals surface area contributed by atoms with Crippen LogP contribution < -0.4 is 0 Å². The van der Waals surface area contributed by atoms with Gasteiger partial charge >= 0.3 is 24.2 Å². The number of aliphatic hydroxyl groups is 1. The molecular weight excluding hydrogens is 460 g/mol. The van der Waals surface area contributed by atoms with Crippen molar-refractivity contribution in [1.29, 1.82) is 0 Å². The predicted octanol–water partition coefficient (Wildman–Crippen LogP) is 4.79. The highest BCUT2D eigenvalue weighted by molar-refractivity contribution is 14.1. The standard InChI is InChI=1S/C9H6F11IO/c10-5(8(15,16)17,3-4(21)1-2-22)6(11,12)7(13,14)9(18,19)20/h3,22H,1-2H2. The van der Waals surface area contributed by atoms with E-state index in [9.17, 15) is 48.3 Å². The summed E-state index contributed by atoms with van der Waals surface area (Å²) < 4.78 is 137. The van der Waals surface area contributed by atoms with E-state index in [-0.39, 0.29) is 0 Å². The van der Waals surface area contributed by atoms with Gasteiger partial charge in [0.2, 0.25) is 0 Å². The van der Waals surface area contributed by atoms with Crippen molar-refractivity contribution in [2.45, 2.75) is 36.3 Å². The molecule has 22 heavy (non-hydrogen) atoms. The van der Waals surface area contributed by atoms with E-state index in [0.717, 1.165) is 22.6 Å². The molecule has 0 radical (unpaired) electrons.